The van der Waals surface area contributed by atoms with Gasteiger partial charge in [-0.25, -0.2) is 0 Å². The maximum absolute atomic E-state index is 10.9. The van der Waals surface area contributed by atoms with Gasteiger partial charge in [-0.15, -0.1) is 0 Å². The standard InChI is InChI=1S/C6H15O5P/c1-4-10-6(3,11-5-2)12(7,8)9/h4-5H2,1-3H3,(H2,7,8,9). The topological polar surface area (TPSA) is 76.0 Å². The van der Waals surface area contributed by atoms with Gasteiger partial charge in [-0.2, -0.15) is 0 Å². The quantitative estimate of drug-likeness (QED) is 0.507. The average molecular weight is 198 g/mol. The fourth-order valence-corrected chi connectivity index (χ4v) is 1.34. The molecule has 0 heterocycles. The smallest absolute Gasteiger partial charge is 0.341 e. The predicted molar refractivity (Wildman–Crippen MR) is 43.7 cm³/mol. The van der Waals surface area contributed by atoms with Gasteiger partial charge in [0, 0.05) is 20.1 Å². The molecule has 0 unspecified atom stereocenters. The van der Waals surface area contributed by atoms with Gasteiger partial charge in [-0.3, -0.25) is 4.57 Å². The summed E-state index contributed by atoms with van der Waals surface area (Å²) in [6, 6.07) is 0. The maximum atomic E-state index is 10.9. The van der Waals surface area contributed by atoms with E-state index in [2.05, 4.69) is 0 Å². The summed E-state index contributed by atoms with van der Waals surface area (Å²) in [5.41, 5.74) is -1.80. The summed E-state index contributed by atoms with van der Waals surface area (Å²) in [6.07, 6.45) is 0. The molecule has 74 valence electrons. The molecule has 0 spiro atoms. The second-order valence-electron chi connectivity index (χ2n) is 2.31. The molecule has 5 nitrogen and oxygen atoms in total. The lowest BCUT2D eigenvalue weighted by Crippen LogP contribution is -2.32. The second-order valence-corrected chi connectivity index (χ2v) is 4.21. The van der Waals surface area contributed by atoms with Crippen molar-refractivity contribution in [2.45, 2.75) is 26.3 Å². The molecule has 0 radical (unpaired) electrons. The van der Waals surface area contributed by atoms with E-state index in [4.69, 9.17) is 19.3 Å². The van der Waals surface area contributed by atoms with Crippen LogP contribution in [0.2, 0.25) is 0 Å². The fraction of sp³-hybridized carbons (Fsp3) is 1.00. The molecule has 0 aliphatic rings. The number of rotatable bonds is 5. The highest BCUT2D eigenvalue weighted by atomic mass is 31.2. The minimum atomic E-state index is -4.37. The zero-order valence-corrected chi connectivity index (χ0v) is 8.38. The van der Waals surface area contributed by atoms with Crippen LogP contribution in [0, 0.1) is 0 Å². The van der Waals surface area contributed by atoms with Gasteiger partial charge in [0.2, 0.25) is 0 Å². The van der Waals surface area contributed by atoms with E-state index in [1.54, 1.807) is 13.8 Å². The van der Waals surface area contributed by atoms with E-state index in [1.807, 2.05) is 0 Å². The molecule has 0 aromatic heterocycles. The number of hydrogen-bond donors (Lipinski definition) is 2. The largest absolute Gasteiger partial charge is 0.384 e. The van der Waals surface area contributed by atoms with Crippen molar-refractivity contribution in [3.63, 3.8) is 0 Å². The number of hydrogen-bond acceptors (Lipinski definition) is 3. The van der Waals surface area contributed by atoms with Crippen molar-refractivity contribution in [1.82, 2.24) is 0 Å². The lowest BCUT2D eigenvalue weighted by atomic mass is 10.7. The lowest BCUT2D eigenvalue weighted by Gasteiger charge is -2.29. The first-order valence-electron chi connectivity index (χ1n) is 3.71. The molecular weight excluding hydrogens is 183 g/mol. The van der Waals surface area contributed by atoms with E-state index in [0.29, 0.717) is 0 Å². The Hall–Kier alpha value is 0.0700. The highest BCUT2D eigenvalue weighted by molar-refractivity contribution is 7.53. The van der Waals surface area contributed by atoms with E-state index in [0.717, 1.165) is 0 Å². The molecule has 0 fully saturated rings. The Kier molecular flexibility index (Phi) is 4.37. The van der Waals surface area contributed by atoms with Crippen molar-refractivity contribution in [3.8, 4) is 0 Å². The SMILES string of the molecule is CCOC(C)(OCC)P(=O)(O)O. The Morgan fingerprint density at radius 2 is 1.58 bits per heavy atom. The molecular formula is C6H15O5P. The molecule has 0 aliphatic carbocycles. The van der Waals surface area contributed by atoms with Gasteiger partial charge in [0.15, 0.2) is 0 Å². The van der Waals surface area contributed by atoms with Crippen molar-refractivity contribution in [2.24, 2.45) is 0 Å². The van der Waals surface area contributed by atoms with Crippen molar-refractivity contribution in [2.75, 3.05) is 13.2 Å². The maximum Gasteiger partial charge on any atom is 0.384 e. The molecule has 0 aliphatic heterocycles. The van der Waals surface area contributed by atoms with E-state index < -0.39 is 13.1 Å². The number of ether oxygens (including phenoxy) is 2. The summed E-state index contributed by atoms with van der Waals surface area (Å²) in [6.45, 7) is 4.92. The summed E-state index contributed by atoms with van der Waals surface area (Å²) >= 11 is 0. The zero-order chi connectivity index (χ0) is 9.83. The van der Waals surface area contributed by atoms with Crippen molar-refractivity contribution < 1.29 is 23.8 Å². The third kappa shape index (κ3) is 2.84. The van der Waals surface area contributed by atoms with E-state index >= 15 is 0 Å². The summed E-state index contributed by atoms with van der Waals surface area (Å²) < 4.78 is 20.6. The zero-order valence-electron chi connectivity index (χ0n) is 7.48. The summed E-state index contributed by atoms with van der Waals surface area (Å²) in [7, 11) is -4.37. The van der Waals surface area contributed by atoms with Crippen molar-refractivity contribution in [1.29, 1.82) is 0 Å². The van der Waals surface area contributed by atoms with Gasteiger partial charge in [-0.05, 0) is 13.8 Å². The van der Waals surface area contributed by atoms with Gasteiger partial charge in [-0.1, -0.05) is 0 Å². The van der Waals surface area contributed by atoms with E-state index in [1.165, 1.54) is 6.92 Å². The predicted octanol–water partition coefficient (Wildman–Crippen LogP) is 0.911. The van der Waals surface area contributed by atoms with E-state index in [9.17, 15) is 4.57 Å². The highest BCUT2D eigenvalue weighted by Crippen LogP contribution is 2.51. The van der Waals surface area contributed by atoms with Crippen LogP contribution in [0.1, 0.15) is 20.8 Å². The molecule has 0 saturated heterocycles. The van der Waals surface area contributed by atoms with Gasteiger partial charge in [0.1, 0.15) is 0 Å². The fourth-order valence-electron chi connectivity index (χ4n) is 0.745. The Labute approximate surface area is 71.8 Å². The molecule has 0 bridgehead atoms. The van der Waals surface area contributed by atoms with Crippen molar-refractivity contribution in [3.05, 3.63) is 0 Å². The first-order chi connectivity index (χ1) is 5.37. The first kappa shape index (κ1) is 12.1. The molecule has 2 N–H and O–H groups in total. The van der Waals surface area contributed by atoms with Crippen LogP contribution in [-0.2, 0) is 14.0 Å². The monoisotopic (exact) mass is 198 g/mol. The third-order valence-corrected chi connectivity index (χ3v) is 2.67. The van der Waals surface area contributed by atoms with Crippen LogP contribution in [0.15, 0.2) is 0 Å². The average Bonchev–Trinajstić information content (AvgIpc) is 1.86. The van der Waals surface area contributed by atoms with Gasteiger partial charge >= 0.3 is 7.60 Å². The van der Waals surface area contributed by atoms with Gasteiger partial charge in [0.05, 0.1) is 0 Å². The van der Waals surface area contributed by atoms with Crippen LogP contribution in [-0.4, -0.2) is 28.5 Å². The van der Waals surface area contributed by atoms with Crippen LogP contribution < -0.4 is 0 Å². The molecule has 6 heteroatoms. The summed E-state index contributed by atoms with van der Waals surface area (Å²) in [5.74, 6) is 0. The second kappa shape index (κ2) is 4.35. The Balaban J connectivity index is 4.50. The first-order valence-corrected chi connectivity index (χ1v) is 5.32. The van der Waals surface area contributed by atoms with Crippen LogP contribution in [0.3, 0.4) is 0 Å². The van der Waals surface area contributed by atoms with Crippen LogP contribution in [0.4, 0.5) is 0 Å². The highest BCUT2D eigenvalue weighted by Gasteiger charge is 2.44. The van der Waals surface area contributed by atoms with E-state index in [-0.39, 0.29) is 13.2 Å². The minimum Gasteiger partial charge on any atom is -0.341 e. The Bertz CT molecular complexity index is 169. The molecule has 0 amide bonds. The van der Waals surface area contributed by atoms with Crippen LogP contribution in [0.5, 0.6) is 0 Å². The normalized spacial score (nSPS) is 13.4. The molecule has 0 rings (SSSR count). The van der Waals surface area contributed by atoms with Crippen LogP contribution in [0.25, 0.3) is 0 Å². The third-order valence-electron chi connectivity index (χ3n) is 1.35. The lowest BCUT2D eigenvalue weighted by molar-refractivity contribution is -0.172. The van der Waals surface area contributed by atoms with Gasteiger partial charge < -0.3 is 19.3 Å². The Morgan fingerprint density at radius 1 is 1.25 bits per heavy atom. The molecule has 0 atom stereocenters. The molecule has 0 aromatic rings. The van der Waals surface area contributed by atoms with Crippen LogP contribution >= 0.6 is 7.60 Å². The Morgan fingerprint density at radius 3 is 1.75 bits per heavy atom. The van der Waals surface area contributed by atoms with Gasteiger partial charge in [0.25, 0.3) is 5.53 Å². The molecule has 0 aromatic carbocycles. The summed E-state index contributed by atoms with van der Waals surface area (Å²) in [5, 5.41) is 0. The van der Waals surface area contributed by atoms with Crippen molar-refractivity contribution >= 4 is 7.60 Å². The minimum absolute atomic E-state index is 0.196. The molecule has 12 heavy (non-hydrogen) atoms. The summed E-state index contributed by atoms with van der Waals surface area (Å²) in [4.78, 5) is 17.7. The molecule has 0 saturated carbocycles.